The maximum Gasteiger partial charge on any atom is 0.243 e. The Morgan fingerprint density at radius 2 is 1.75 bits per heavy atom. The molecule has 0 spiro atoms. The molecule has 5 nitrogen and oxygen atoms in total. The minimum Gasteiger partial charge on any atom is -0.326 e. The van der Waals surface area contributed by atoms with Crippen molar-refractivity contribution >= 4 is 21.6 Å². The van der Waals surface area contributed by atoms with E-state index in [0.717, 1.165) is 6.42 Å². The third-order valence-corrected chi connectivity index (χ3v) is 6.11. The fourth-order valence-electron chi connectivity index (χ4n) is 3.01. The molecule has 2 aromatic carbocycles. The normalized spacial score (nSPS) is 18.5. The number of carbonyl (C=O) groups excluding carboxylic acids is 1. The van der Waals surface area contributed by atoms with Crippen molar-refractivity contribution in [2.75, 3.05) is 18.4 Å². The molecule has 126 valence electrons. The standard InChI is InChI=1S/C18H20N2O3S/c1-14(21)19-17-7-9-18(10-8-17)24(22,23)20-12-11-16(13-20)15-5-3-2-4-6-15/h2-10,16H,11-13H2,1H3,(H,19,21). The highest BCUT2D eigenvalue weighted by atomic mass is 32.2. The minimum atomic E-state index is -3.50. The van der Waals surface area contributed by atoms with E-state index in [2.05, 4.69) is 5.32 Å². The first-order valence-electron chi connectivity index (χ1n) is 7.89. The van der Waals surface area contributed by atoms with Crippen molar-refractivity contribution in [3.8, 4) is 0 Å². The van der Waals surface area contributed by atoms with Gasteiger partial charge in [-0.05, 0) is 42.2 Å². The fourth-order valence-corrected chi connectivity index (χ4v) is 4.51. The molecule has 1 aliphatic rings. The molecule has 6 heteroatoms. The molecule has 1 unspecified atom stereocenters. The molecule has 0 saturated carbocycles. The van der Waals surface area contributed by atoms with Crippen LogP contribution < -0.4 is 5.32 Å². The number of carbonyl (C=O) groups is 1. The summed E-state index contributed by atoms with van der Waals surface area (Å²) >= 11 is 0. The molecule has 1 amide bonds. The van der Waals surface area contributed by atoms with E-state index in [4.69, 9.17) is 0 Å². The van der Waals surface area contributed by atoms with Crippen molar-refractivity contribution in [2.24, 2.45) is 0 Å². The van der Waals surface area contributed by atoms with Gasteiger partial charge in [0.25, 0.3) is 0 Å². The third-order valence-electron chi connectivity index (χ3n) is 4.23. The first kappa shape index (κ1) is 16.7. The first-order valence-corrected chi connectivity index (χ1v) is 9.33. The van der Waals surface area contributed by atoms with E-state index in [9.17, 15) is 13.2 Å². The Balaban J connectivity index is 1.75. The third kappa shape index (κ3) is 3.49. The Hall–Kier alpha value is -2.18. The van der Waals surface area contributed by atoms with E-state index in [1.54, 1.807) is 12.1 Å². The Morgan fingerprint density at radius 1 is 1.08 bits per heavy atom. The Labute approximate surface area is 142 Å². The van der Waals surface area contributed by atoms with Gasteiger partial charge in [-0.3, -0.25) is 4.79 Å². The van der Waals surface area contributed by atoms with Crippen LogP contribution in [0, 0.1) is 0 Å². The predicted molar refractivity (Wildman–Crippen MR) is 93.3 cm³/mol. The lowest BCUT2D eigenvalue weighted by atomic mass is 9.99. The maximum absolute atomic E-state index is 12.8. The van der Waals surface area contributed by atoms with Gasteiger partial charge in [0.2, 0.25) is 15.9 Å². The van der Waals surface area contributed by atoms with Crippen LogP contribution >= 0.6 is 0 Å². The number of nitrogens with one attached hydrogen (secondary N) is 1. The second-order valence-electron chi connectivity index (χ2n) is 5.96. The van der Waals surface area contributed by atoms with Crippen molar-refractivity contribution < 1.29 is 13.2 Å². The number of anilines is 1. The number of hydrogen-bond acceptors (Lipinski definition) is 3. The second-order valence-corrected chi connectivity index (χ2v) is 7.90. The molecular weight excluding hydrogens is 324 g/mol. The van der Waals surface area contributed by atoms with E-state index < -0.39 is 10.0 Å². The summed E-state index contributed by atoms with van der Waals surface area (Å²) in [5.74, 6) is 0.0514. The largest absolute Gasteiger partial charge is 0.326 e. The molecule has 0 bridgehead atoms. The molecule has 2 aromatic rings. The van der Waals surface area contributed by atoms with Crippen LogP contribution in [-0.4, -0.2) is 31.7 Å². The van der Waals surface area contributed by atoms with Crippen molar-refractivity contribution in [3.05, 3.63) is 60.2 Å². The molecule has 1 aliphatic heterocycles. The van der Waals surface area contributed by atoms with Gasteiger partial charge < -0.3 is 5.32 Å². The highest BCUT2D eigenvalue weighted by molar-refractivity contribution is 7.89. The van der Waals surface area contributed by atoms with Gasteiger partial charge in [0.1, 0.15) is 0 Å². The zero-order chi connectivity index (χ0) is 17.2. The van der Waals surface area contributed by atoms with Gasteiger partial charge in [-0.25, -0.2) is 8.42 Å². The number of benzene rings is 2. The predicted octanol–water partition coefficient (Wildman–Crippen LogP) is 2.82. The van der Waals surface area contributed by atoms with Crippen LogP contribution in [0.25, 0.3) is 0 Å². The summed E-state index contributed by atoms with van der Waals surface area (Å²) in [6.07, 6.45) is 0.827. The molecule has 0 aliphatic carbocycles. The molecular formula is C18H20N2O3S. The van der Waals surface area contributed by atoms with Crippen LogP contribution in [0.2, 0.25) is 0 Å². The van der Waals surface area contributed by atoms with E-state index in [1.165, 1.54) is 28.9 Å². The molecule has 1 atom stereocenters. The Kier molecular flexibility index (Phi) is 4.69. The van der Waals surface area contributed by atoms with Crippen molar-refractivity contribution in [1.29, 1.82) is 0 Å². The van der Waals surface area contributed by atoms with E-state index in [1.807, 2.05) is 30.3 Å². The molecule has 1 fully saturated rings. The number of hydrogen-bond donors (Lipinski definition) is 1. The van der Waals surface area contributed by atoms with Gasteiger partial charge in [-0.15, -0.1) is 0 Å². The molecule has 0 radical (unpaired) electrons. The first-order chi connectivity index (χ1) is 11.5. The fraction of sp³-hybridized carbons (Fsp3) is 0.278. The van der Waals surface area contributed by atoms with Crippen LogP contribution in [0.5, 0.6) is 0 Å². The van der Waals surface area contributed by atoms with Crippen molar-refractivity contribution in [2.45, 2.75) is 24.2 Å². The maximum atomic E-state index is 12.8. The smallest absolute Gasteiger partial charge is 0.243 e. The average Bonchev–Trinajstić information content (AvgIpc) is 3.06. The highest BCUT2D eigenvalue weighted by Gasteiger charge is 2.33. The van der Waals surface area contributed by atoms with Crippen molar-refractivity contribution in [1.82, 2.24) is 4.31 Å². The zero-order valence-electron chi connectivity index (χ0n) is 13.5. The summed E-state index contributed by atoms with van der Waals surface area (Å²) in [5.41, 5.74) is 1.77. The molecule has 0 aromatic heterocycles. The molecule has 1 saturated heterocycles. The number of rotatable bonds is 4. The van der Waals surface area contributed by atoms with Gasteiger partial charge in [0, 0.05) is 25.7 Å². The number of sulfonamides is 1. The number of amides is 1. The van der Waals surface area contributed by atoms with E-state index in [0.29, 0.717) is 18.8 Å². The molecule has 24 heavy (non-hydrogen) atoms. The minimum absolute atomic E-state index is 0.184. The van der Waals surface area contributed by atoms with Crippen LogP contribution in [0.15, 0.2) is 59.5 Å². The van der Waals surface area contributed by atoms with Crippen LogP contribution in [-0.2, 0) is 14.8 Å². The van der Waals surface area contributed by atoms with Crippen LogP contribution in [0.3, 0.4) is 0 Å². The second kappa shape index (κ2) is 6.75. The Morgan fingerprint density at radius 3 is 2.38 bits per heavy atom. The Bertz CT molecular complexity index is 817. The molecule has 1 N–H and O–H groups in total. The SMILES string of the molecule is CC(=O)Nc1ccc(S(=O)(=O)N2CCC(c3ccccc3)C2)cc1. The van der Waals surface area contributed by atoms with Gasteiger partial charge >= 0.3 is 0 Å². The summed E-state index contributed by atoms with van der Waals surface area (Å²) in [4.78, 5) is 11.3. The summed E-state index contributed by atoms with van der Waals surface area (Å²) in [6, 6.07) is 16.3. The van der Waals surface area contributed by atoms with Gasteiger partial charge in [-0.2, -0.15) is 4.31 Å². The lowest BCUT2D eigenvalue weighted by Crippen LogP contribution is -2.28. The van der Waals surface area contributed by atoms with Crippen LogP contribution in [0.4, 0.5) is 5.69 Å². The van der Waals surface area contributed by atoms with Crippen molar-refractivity contribution in [3.63, 3.8) is 0 Å². The van der Waals surface area contributed by atoms with E-state index in [-0.39, 0.29) is 16.7 Å². The zero-order valence-corrected chi connectivity index (χ0v) is 14.3. The number of nitrogens with zero attached hydrogens (tertiary/aromatic N) is 1. The van der Waals surface area contributed by atoms with Gasteiger partial charge in [-0.1, -0.05) is 30.3 Å². The molecule has 3 rings (SSSR count). The summed E-state index contributed by atoms with van der Waals surface area (Å²) < 4.78 is 27.1. The quantitative estimate of drug-likeness (QED) is 0.927. The monoisotopic (exact) mass is 344 g/mol. The highest BCUT2D eigenvalue weighted by Crippen LogP contribution is 2.31. The van der Waals surface area contributed by atoms with E-state index >= 15 is 0 Å². The lowest BCUT2D eigenvalue weighted by Gasteiger charge is -2.17. The van der Waals surface area contributed by atoms with Gasteiger partial charge in [0.05, 0.1) is 4.90 Å². The summed E-state index contributed by atoms with van der Waals surface area (Å²) in [6.45, 7) is 2.44. The summed E-state index contributed by atoms with van der Waals surface area (Å²) in [7, 11) is -3.50. The van der Waals surface area contributed by atoms with Crippen LogP contribution in [0.1, 0.15) is 24.8 Å². The summed E-state index contributed by atoms with van der Waals surface area (Å²) in [5, 5.41) is 2.63. The average molecular weight is 344 g/mol. The lowest BCUT2D eigenvalue weighted by molar-refractivity contribution is -0.114. The van der Waals surface area contributed by atoms with Gasteiger partial charge in [0.15, 0.2) is 0 Å². The topological polar surface area (TPSA) is 66.5 Å². The molecule has 1 heterocycles.